The van der Waals surface area contributed by atoms with Gasteiger partial charge in [-0.1, -0.05) is 41.9 Å². The van der Waals surface area contributed by atoms with Crippen LogP contribution in [-0.4, -0.2) is 31.3 Å². The molecule has 204 valence electrons. The van der Waals surface area contributed by atoms with Gasteiger partial charge < -0.3 is 18.9 Å². The van der Waals surface area contributed by atoms with Crippen LogP contribution in [0.3, 0.4) is 0 Å². The van der Waals surface area contributed by atoms with Crippen molar-refractivity contribution in [3.05, 3.63) is 119 Å². The van der Waals surface area contributed by atoms with Crippen LogP contribution in [0.2, 0.25) is 5.02 Å². The fourth-order valence-corrected chi connectivity index (χ4v) is 3.59. The lowest BCUT2D eigenvalue weighted by Gasteiger charge is -2.13. The Bertz CT molecular complexity index is 1460. The number of carbonyl (C=O) groups is 2. The molecule has 0 heterocycles. The summed E-state index contributed by atoms with van der Waals surface area (Å²) in [5.74, 6) is 0.798. The van der Waals surface area contributed by atoms with Crippen LogP contribution in [0.1, 0.15) is 28.4 Å². The summed E-state index contributed by atoms with van der Waals surface area (Å²) >= 11 is 5.87. The van der Waals surface area contributed by atoms with Gasteiger partial charge in [-0.25, -0.2) is 10.2 Å². The second-order valence-corrected chi connectivity index (χ2v) is 8.98. The number of esters is 1. The minimum atomic E-state index is -0.794. The second-order valence-electron chi connectivity index (χ2n) is 8.55. The molecule has 4 rings (SSSR count). The Morgan fingerprint density at radius 1 is 0.900 bits per heavy atom. The normalized spacial score (nSPS) is 11.5. The lowest BCUT2D eigenvalue weighted by molar-refractivity contribution is -0.127. The molecule has 0 bridgehead atoms. The third-order valence-corrected chi connectivity index (χ3v) is 5.86. The maximum Gasteiger partial charge on any atom is 0.343 e. The van der Waals surface area contributed by atoms with Crippen LogP contribution >= 0.6 is 11.6 Å². The van der Waals surface area contributed by atoms with Crippen LogP contribution in [-0.2, 0) is 11.4 Å². The highest BCUT2D eigenvalue weighted by molar-refractivity contribution is 6.30. The third kappa shape index (κ3) is 8.09. The molecule has 0 spiro atoms. The number of methoxy groups -OCH3 is 1. The van der Waals surface area contributed by atoms with Crippen LogP contribution in [0.4, 0.5) is 0 Å². The molecule has 9 heteroatoms. The summed E-state index contributed by atoms with van der Waals surface area (Å²) in [6, 6.07) is 28.1. The molecule has 1 atom stereocenters. The molecule has 4 aromatic rings. The zero-order chi connectivity index (χ0) is 28.3. The summed E-state index contributed by atoms with van der Waals surface area (Å²) in [5.41, 5.74) is 4.49. The highest BCUT2D eigenvalue weighted by Crippen LogP contribution is 2.28. The molecule has 0 aliphatic heterocycles. The van der Waals surface area contributed by atoms with Gasteiger partial charge in [-0.15, -0.1) is 0 Å². The van der Waals surface area contributed by atoms with E-state index in [4.69, 9.17) is 30.5 Å². The van der Waals surface area contributed by atoms with Crippen molar-refractivity contribution >= 4 is 29.7 Å². The summed E-state index contributed by atoms with van der Waals surface area (Å²) in [5, 5.41) is 4.51. The summed E-state index contributed by atoms with van der Waals surface area (Å²) < 4.78 is 22.3. The van der Waals surface area contributed by atoms with E-state index in [1.165, 1.54) is 13.3 Å². The molecule has 0 radical (unpaired) electrons. The summed E-state index contributed by atoms with van der Waals surface area (Å²) in [7, 11) is 1.46. The summed E-state index contributed by atoms with van der Waals surface area (Å²) in [4.78, 5) is 24.9. The Morgan fingerprint density at radius 2 is 1.60 bits per heavy atom. The molecule has 40 heavy (non-hydrogen) atoms. The van der Waals surface area contributed by atoms with E-state index in [1.807, 2.05) is 30.3 Å². The molecule has 1 N–H and O–H groups in total. The van der Waals surface area contributed by atoms with E-state index in [9.17, 15) is 9.59 Å². The molecule has 1 amide bonds. The van der Waals surface area contributed by atoms with Crippen molar-refractivity contribution in [3.8, 4) is 23.0 Å². The average molecular weight is 559 g/mol. The van der Waals surface area contributed by atoms with Gasteiger partial charge in [-0.2, -0.15) is 5.10 Å². The molecule has 0 aliphatic rings. The first-order valence-electron chi connectivity index (χ1n) is 12.3. The van der Waals surface area contributed by atoms with E-state index >= 15 is 0 Å². The highest BCUT2D eigenvalue weighted by Gasteiger charge is 2.15. The van der Waals surface area contributed by atoms with Crippen molar-refractivity contribution in [2.75, 3.05) is 7.11 Å². The van der Waals surface area contributed by atoms with Gasteiger partial charge in [0.25, 0.3) is 5.91 Å². The van der Waals surface area contributed by atoms with E-state index in [-0.39, 0.29) is 5.75 Å². The van der Waals surface area contributed by atoms with E-state index in [1.54, 1.807) is 73.7 Å². The maximum absolute atomic E-state index is 12.5. The second kappa shape index (κ2) is 13.8. The van der Waals surface area contributed by atoms with Crippen LogP contribution in [0.15, 0.2) is 102 Å². The van der Waals surface area contributed by atoms with E-state index < -0.39 is 18.0 Å². The standard InChI is InChI=1S/C31H27ClN2O6/c1-21(39-27-15-13-26(14-16-27)38-20-22-6-4-3-5-7-22)30(35)34-33-19-23-8-17-28(29(18-23)37-2)40-31(36)24-9-11-25(32)12-10-24/h3-19,21H,20H2,1-2H3,(H,34,35)/b33-19-/t21-/m1/s1. The summed E-state index contributed by atoms with van der Waals surface area (Å²) in [6.07, 6.45) is 0.647. The number of carbonyl (C=O) groups excluding carboxylic acids is 2. The predicted octanol–water partition coefficient (Wildman–Crippen LogP) is 6.06. The zero-order valence-electron chi connectivity index (χ0n) is 21.9. The molecular weight excluding hydrogens is 532 g/mol. The SMILES string of the molecule is COc1cc(/C=N\NC(=O)[C@@H](C)Oc2ccc(OCc3ccccc3)cc2)ccc1OC(=O)c1ccc(Cl)cc1. The lowest BCUT2D eigenvalue weighted by atomic mass is 10.2. The first-order valence-corrected chi connectivity index (χ1v) is 12.7. The number of amides is 1. The van der Waals surface area contributed by atoms with Gasteiger partial charge in [0.05, 0.1) is 18.9 Å². The molecule has 4 aromatic carbocycles. The van der Waals surface area contributed by atoms with Crippen LogP contribution in [0, 0.1) is 0 Å². The Kier molecular flexibility index (Phi) is 9.74. The Balaban J connectivity index is 1.27. The van der Waals surface area contributed by atoms with E-state index in [0.29, 0.717) is 40.0 Å². The monoisotopic (exact) mass is 558 g/mol. The van der Waals surface area contributed by atoms with Gasteiger partial charge >= 0.3 is 5.97 Å². The van der Waals surface area contributed by atoms with Gasteiger partial charge in [0, 0.05) is 5.02 Å². The Labute approximate surface area is 237 Å². The first kappa shape index (κ1) is 28.2. The topological polar surface area (TPSA) is 95.5 Å². The number of nitrogens with zero attached hydrogens (tertiary/aromatic N) is 1. The molecule has 0 unspecified atom stereocenters. The lowest BCUT2D eigenvalue weighted by Crippen LogP contribution is -2.33. The van der Waals surface area contributed by atoms with Gasteiger partial charge in [-0.05, 0) is 84.8 Å². The van der Waals surface area contributed by atoms with Crippen molar-refractivity contribution in [2.45, 2.75) is 19.6 Å². The number of halogens is 1. The average Bonchev–Trinajstić information content (AvgIpc) is 2.98. The molecule has 0 saturated heterocycles. The quantitative estimate of drug-likeness (QED) is 0.104. The van der Waals surface area contributed by atoms with Crippen LogP contribution in [0.5, 0.6) is 23.0 Å². The van der Waals surface area contributed by atoms with Crippen LogP contribution in [0.25, 0.3) is 0 Å². The van der Waals surface area contributed by atoms with Crippen molar-refractivity contribution in [1.29, 1.82) is 0 Å². The smallest absolute Gasteiger partial charge is 0.343 e. The number of nitrogens with one attached hydrogen (secondary N) is 1. The molecule has 0 aromatic heterocycles. The number of ether oxygens (including phenoxy) is 4. The number of hydrazone groups is 1. The number of rotatable bonds is 11. The van der Waals surface area contributed by atoms with E-state index in [2.05, 4.69) is 10.5 Å². The van der Waals surface area contributed by atoms with Crippen molar-refractivity contribution in [1.82, 2.24) is 5.43 Å². The van der Waals surface area contributed by atoms with Crippen LogP contribution < -0.4 is 24.4 Å². The predicted molar refractivity (Wildman–Crippen MR) is 152 cm³/mol. The van der Waals surface area contributed by atoms with Gasteiger partial charge in [-0.3, -0.25) is 4.79 Å². The van der Waals surface area contributed by atoms with E-state index in [0.717, 1.165) is 5.56 Å². The third-order valence-electron chi connectivity index (χ3n) is 5.61. The van der Waals surface area contributed by atoms with Crippen molar-refractivity contribution in [2.24, 2.45) is 5.10 Å². The van der Waals surface area contributed by atoms with Gasteiger partial charge in [0.15, 0.2) is 17.6 Å². The molecule has 8 nitrogen and oxygen atoms in total. The Hall–Kier alpha value is -4.82. The van der Waals surface area contributed by atoms with Crippen molar-refractivity contribution in [3.63, 3.8) is 0 Å². The Morgan fingerprint density at radius 3 is 2.30 bits per heavy atom. The largest absolute Gasteiger partial charge is 0.493 e. The zero-order valence-corrected chi connectivity index (χ0v) is 22.6. The molecule has 0 saturated carbocycles. The highest BCUT2D eigenvalue weighted by atomic mass is 35.5. The fourth-order valence-electron chi connectivity index (χ4n) is 3.47. The minimum Gasteiger partial charge on any atom is -0.493 e. The maximum atomic E-state index is 12.5. The van der Waals surface area contributed by atoms with Gasteiger partial charge in [0.1, 0.15) is 18.1 Å². The molecule has 0 fully saturated rings. The summed E-state index contributed by atoms with van der Waals surface area (Å²) in [6.45, 7) is 2.08. The minimum absolute atomic E-state index is 0.238. The van der Waals surface area contributed by atoms with Crippen molar-refractivity contribution < 1.29 is 28.5 Å². The number of benzene rings is 4. The molecule has 0 aliphatic carbocycles. The first-order chi connectivity index (χ1) is 19.4. The number of hydrogen-bond donors (Lipinski definition) is 1. The fraction of sp³-hybridized carbons (Fsp3) is 0.129. The number of hydrogen-bond acceptors (Lipinski definition) is 7. The van der Waals surface area contributed by atoms with Gasteiger partial charge in [0.2, 0.25) is 0 Å². The molecular formula is C31H27ClN2O6.